The Labute approximate surface area is 171 Å². The minimum atomic E-state index is -0.0804. The number of carbonyl (C=O) groups excluding carboxylic acids is 1. The first-order valence-corrected chi connectivity index (χ1v) is 11.1. The van der Waals surface area contributed by atoms with Crippen molar-refractivity contribution in [3.05, 3.63) is 45.1 Å². The number of halogens is 1. The van der Waals surface area contributed by atoms with E-state index in [1.54, 1.807) is 30.2 Å². The molecule has 0 radical (unpaired) electrons. The smallest absolute Gasteiger partial charge is 0.235 e. The van der Waals surface area contributed by atoms with Gasteiger partial charge in [-0.3, -0.25) is 9.69 Å². The van der Waals surface area contributed by atoms with Crippen LogP contribution in [0.5, 0.6) is 5.75 Å². The van der Waals surface area contributed by atoms with Crippen LogP contribution in [-0.2, 0) is 11.3 Å². The number of ether oxygens (including phenoxy) is 1. The van der Waals surface area contributed by atoms with E-state index in [4.69, 9.17) is 4.74 Å². The Morgan fingerprint density at radius 3 is 2.46 bits per heavy atom. The van der Waals surface area contributed by atoms with Gasteiger partial charge in [0.15, 0.2) is 0 Å². The van der Waals surface area contributed by atoms with Crippen LogP contribution in [0.4, 0.5) is 0 Å². The first kappa shape index (κ1) is 19.7. The van der Waals surface area contributed by atoms with Crippen molar-refractivity contribution in [2.24, 2.45) is 0 Å². The van der Waals surface area contributed by atoms with Crippen LogP contribution in [0.2, 0.25) is 0 Å². The van der Waals surface area contributed by atoms with Gasteiger partial charge in [0.05, 0.1) is 16.1 Å². The van der Waals surface area contributed by atoms with Crippen LogP contribution in [0.1, 0.15) is 11.8 Å². The molecule has 0 N–H and O–H groups in total. The van der Waals surface area contributed by atoms with Gasteiger partial charge in [-0.1, -0.05) is 0 Å². The lowest BCUT2D eigenvalue weighted by atomic mass is 10.2. The second-order valence-electron chi connectivity index (χ2n) is 6.24. The third-order valence-corrected chi connectivity index (χ3v) is 7.12. The van der Waals surface area contributed by atoms with Gasteiger partial charge in [0, 0.05) is 42.5 Å². The van der Waals surface area contributed by atoms with Crippen LogP contribution < -0.4 is 4.74 Å². The fourth-order valence-corrected chi connectivity index (χ4v) is 5.43. The molecule has 1 aromatic carbocycles. The molecule has 3 rings (SSSR count). The minimum absolute atomic E-state index is 0.0804. The number of amides is 1. The molecule has 1 fully saturated rings. The Hall–Kier alpha value is -1.02. The van der Waals surface area contributed by atoms with E-state index in [1.165, 1.54) is 8.66 Å². The zero-order valence-corrected chi connectivity index (χ0v) is 18.2. The topological polar surface area (TPSA) is 32.8 Å². The number of thioether (sulfide) groups is 1. The Morgan fingerprint density at radius 2 is 1.88 bits per heavy atom. The van der Waals surface area contributed by atoms with Crippen LogP contribution in [-0.4, -0.2) is 54.2 Å². The molecule has 1 amide bonds. The van der Waals surface area contributed by atoms with Crippen molar-refractivity contribution in [2.45, 2.75) is 23.6 Å². The molecule has 1 aliphatic rings. The predicted octanol–water partition coefficient (Wildman–Crippen LogP) is 4.34. The number of thiophene rings is 1. The van der Waals surface area contributed by atoms with Gasteiger partial charge in [0.25, 0.3) is 0 Å². The van der Waals surface area contributed by atoms with Crippen molar-refractivity contribution >= 4 is 44.9 Å². The Morgan fingerprint density at radius 1 is 1.19 bits per heavy atom. The van der Waals surface area contributed by atoms with Crippen molar-refractivity contribution in [1.82, 2.24) is 9.80 Å². The summed E-state index contributed by atoms with van der Waals surface area (Å²) < 4.78 is 6.35. The van der Waals surface area contributed by atoms with Crippen molar-refractivity contribution in [3.8, 4) is 5.75 Å². The van der Waals surface area contributed by atoms with Crippen molar-refractivity contribution in [2.75, 3.05) is 33.3 Å². The average molecular weight is 455 g/mol. The van der Waals surface area contributed by atoms with E-state index in [1.807, 2.05) is 36.1 Å². The third-order valence-electron chi connectivity index (χ3n) is 4.41. The Kier molecular flexibility index (Phi) is 7.03. The SMILES string of the molecule is COc1ccc(SC(C)C(=O)N2CCN(Cc3ccc(Br)s3)CC2)cc1. The number of hydrogen-bond donors (Lipinski definition) is 0. The highest BCUT2D eigenvalue weighted by molar-refractivity contribution is 9.11. The molecule has 0 bridgehead atoms. The minimum Gasteiger partial charge on any atom is -0.497 e. The molecule has 4 nitrogen and oxygen atoms in total. The second kappa shape index (κ2) is 9.26. The van der Waals surface area contributed by atoms with Crippen molar-refractivity contribution < 1.29 is 9.53 Å². The van der Waals surface area contributed by atoms with Gasteiger partial charge in [-0.05, 0) is 59.3 Å². The molecule has 1 unspecified atom stereocenters. The van der Waals surface area contributed by atoms with Crippen LogP contribution in [0, 0.1) is 0 Å². The number of methoxy groups -OCH3 is 1. The highest BCUT2D eigenvalue weighted by Gasteiger charge is 2.25. The fraction of sp³-hybridized carbons (Fsp3) is 0.421. The van der Waals surface area contributed by atoms with Gasteiger partial charge in [0.1, 0.15) is 5.75 Å². The molecule has 140 valence electrons. The quantitative estimate of drug-likeness (QED) is 0.607. The summed E-state index contributed by atoms with van der Waals surface area (Å²) in [4.78, 5) is 19.6. The largest absolute Gasteiger partial charge is 0.497 e. The molecule has 1 atom stereocenters. The fourth-order valence-electron chi connectivity index (χ4n) is 2.95. The summed E-state index contributed by atoms with van der Waals surface area (Å²) in [6.07, 6.45) is 0. The van der Waals surface area contributed by atoms with E-state index in [0.717, 1.165) is 43.4 Å². The molecule has 0 aliphatic carbocycles. The summed E-state index contributed by atoms with van der Waals surface area (Å²) in [5.74, 6) is 1.06. The number of carbonyl (C=O) groups is 1. The van der Waals surface area contributed by atoms with Crippen LogP contribution in [0.25, 0.3) is 0 Å². The predicted molar refractivity (Wildman–Crippen MR) is 112 cm³/mol. The lowest BCUT2D eigenvalue weighted by Gasteiger charge is -2.35. The van der Waals surface area contributed by atoms with E-state index in [2.05, 4.69) is 33.0 Å². The van der Waals surface area contributed by atoms with E-state index < -0.39 is 0 Å². The van der Waals surface area contributed by atoms with E-state index in [0.29, 0.717) is 0 Å². The zero-order chi connectivity index (χ0) is 18.5. The molecule has 1 saturated heterocycles. The van der Waals surface area contributed by atoms with Gasteiger partial charge < -0.3 is 9.64 Å². The van der Waals surface area contributed by atoms with Crippen LogP contribution >= 0.6 is 39.0 Å². The monoisotopic (exact) mass is 454 g/mol. The maximum absolute atomic E-state index is 12.8. The first-order chi connectivity index (χ1) is 12.5. The molecule has 2 heterocycles. The summed E-state index contributed by atoms with van der Waals surface area (Å²) in [5.41, 5.74) is 0. The molecule has 1 aliphatic heterocycles. The number of rotatable bonds is 6. The van der Waals surface area contributed by atoms with Crippen molar-refractivity contribution in [3.63, 3.8) is 0 Å². The molecule has 26 heavy (non-hydrogen) atoms. The number of benzene rings is 1. The maximum atomic E-state index is 12.8. The average Bonchev–Trinajstić information content (AvgIpc) is 3.07. The number of nitrogens with zero attached hydrogens (tertiary/aromatic N) is 2. The first-order valence-electron chi connectivity index (χ1n) is 8.61. The lowest BCUT2D eigenvalue weighted by Crippen LogP contribution is -2.50. The molecular formula is C19H23BrN2O2S2. The van der Waals surface area contributed by atoms with Gasteiger partial charge in [-0.25, -0.2) is 0 Å². The lowest BCUT2D eigenvalue weighted by molar-refractivity contribution is -0.132. The molecular weight excluding hydrogens is 432 g/mol. The maximum Gasteiger partial charge on any atom is 0.235 e. The van der Waals surface area contributed by atoms with E-state index in [9.17, 15) is 4.79 Å². The Bertz CT molecular complexity index is 727. The molecule has 0 spiro atoms. The Balaban J connectivity index is 1.47. The molecule has 0 saturated carbocycles. The highest BCUT2D eigenvalue weighted by Crippen LogP contribution is 2.27. The number of hydrogen-bond acceptors (Lipinski definition) is 5. The summed E-state index contributed by atoms with van der Waals surface area (Å²) >= 11 is 6.90. The van der Waals surface area contributed by atoms with E-state index >= 15 is 0 Å². The highest BCUT2D eigenvalue weighted by atomic mass is 79.9. The van der Waals surface area contributed by atoms with Crippen molar-refractivity contribution in [1.29, 1.82) is 0 Å². The second-order valence-corrected chi connectivity index (χ2v) is 10.2. The van der Waals surface area contributed by atoms with Crippen LogP contribution in [0.3, 0.4) is 0 Å². The summed E-state index contributed by atoms with van der Waals surface area (Å²) in [7, 11) is 1.66. The summed E-state index contributed by atoms with van der Waals surface area (Å²) in [6.45, 7) is 6.43. The molecule has 2 aromatic rings. The number of piperazine rings is 1. The van der Waals surface area contributed by atoms with Gasteiger partial charge in [-0.15, -0.1) is 23.1 Å². The molecule has 7 heteroatoms. The molecule has 1 aromatic heterocycles. The zero-order valence-electron chi connectivity index (χ0n) is 15.0. The summed E-state index contributed by atoms with van der Waals surface area (Å²) in [5, 5.41) is -0.0804. The third kappa shape index (κ3) is 5.25. The van der Waals surface area contributed by atoms with Crippen LogP contribution in [0.15, 0.2) is 45.1 Å². The standard InChI is InChI=1S/C19H23BrN2O2S2/c1-14(25-16-5-3-15(24-2)4-6-16)19(23)22-11-9-21(10-12-22)13-17-7-8-18(20)26-17/h3-8,14H,9-13H2,1-2H3. The van der Waals surface area contributed by atoms with Gasteiger partial charge in [0.2, 0.25) is 5.91 Å². The normalized spacial score (nSPS) is 16.5. The van der Waals surface area contributed by atoms with Gasteiger partial charge in [-0.2, -0.15) is 0 Å². The summed E-state index contributed by atoms with van der Waals surface area (Å²) in [6, 6.07) is 12.1. The van der Waals surface area contributed by atoms with Gasteiger partial charge >= 0.3 is 0 Å². The van der Waals surface area contributed by atoms with E-state index in [-0.39, 0.29) is 11.2 Å².